The summed E-state index contributed by atoms with van der Waals surface area (Å²) in [7, 11) is 0. The number of hydrogen-bond acceptors (Lipinski definition) is 3. The van der Waals surface area contributed by atoms with Crippen molar-refractivity contribution in [3.63, 3.8) is 0 Å². The third-order valence-electron chi connectivity index (χ3n) is 3.21. The molecule has 0 saturated heterocycles. The molecule has 0 saturated carbocycles. The summed E-state index contributed by atoms with van der Waals surface area (Å²) in [5, 5.41) is 9.53. The number of nitrogens with zero attached hydrogens (tertiary/aromatic N) is 1. The van der Waals surface area contributed by atoms with E-state index in [1.165, 1.54) is 0 Å². The zero-order valence-corrected chi connectivity index (χ0v) is 12.2. The van der Waals surface area contributed by atoms with Gasteiger partial charge in [0.05, 0.1) is 17.2 Å². The molecule has 1 rings (SSSR count). The largest absolute Gasteiger partial charge is 0.399 e. The average molecular weight is 285 g/mol. The lowest BCUT2D eigenvalue weighted by Crippen LogP contribution is -2.41. The van der Waals surface area contributed by atoms with Gasteiger partial charge in [-0.05, 0) is 31.0 Å². The second-order valence-corrected chi connectivity index (χ2v) is 4.84. The highest BCUT2D eigenvalue weighted by Gasteiger charge is 2.23. The third-order valence-corrected chi connectivity index (χ3v) is 3.54. The molecule has 0 heterocycles. The molecule has 1 aromatic carbocycles. The lowest BCUT2D eigenvalue weighted by Gasteiger charge is -2.30. The van der Waals surface area contributed by atoms with Gasteiger partial charge in [0.25, 0.3) is 5.91 Å². The number of benzene rings is 1. The summed E-state index contributed by atoms with van der Waals surface area (Å²) in [6.45, 7) is 4.28. The lowest BCUT2D eigenvalue weighted by molar-refractivity contribution is 0.0622. The molecule has 0 aliphatic rings. The van der Waals surface area contributed by atoms with Gasteiger partial charge in [0, 0.05) is 18.3 Å². The summed E-state index contributed by atoms with van der Waals surface area (Å²) in [4.78, 5) is 14.2. The molecule has 106 valence electrons. The van der Waals surface area contributed by atoms with Crippen LogP contribution in [0.1, 0.15) is 37.0 Å². The average Bonchev–Trinajstić information content (AvgIpc) is 2.41. The number of nitrogen functional groups attached to an aromatic ring is 1. The molecule has 3 N–H and O–H groups in total. The van der Waals surface area contributed by atoms with Crippen LogP contribution < -0.4 is 5.73 Å². The van der Waals surface area contributed by atoms with Gasteiger partial charge in [0.15, 0.2) is 0 Å². The maximum absolute atomic E-state index is 12.5. The van der Waals surface area contributed by atoms with Crippen molar-refractivity contribution < 1.29 is 9.90 Å². The number of carbonyl (C=O) groups is 1. The monoisotopic (exact) mass is 284 g/mol. The number of rotatable bonds is 6. The quantitative estimate of drug-likeness (QED) is 0.789. The summed E-state index contributed by atoms with van der Waals surface area (Å²) < 4.78 is 0. The summed E-state index contributed by atoms with van der Waals surface area (Å²) in [6, 6.07) is 4.95. The Morgan fingerprint density at radius 3 is 2.58 bits per heavy atom. The van der Waals surface area contributed by atoms with Gasteiger partial charge in [-0.3, -0.25) is 4.79 Å². The van der Waals surface area contributed by atoms with Crippen LogP contribution in [0.4, 0.5) is 5.69 Å². The van der Waals surface area contributed by atoms with Gasteiger partial charge >= 0.3 is 0 Å². The lowest BCUT2D eigenvalue weighted by atomic mass is 10.1. The zero-order chi connectivity index (χ0) is 14.4. The van der Waals surface area contributed by atoms with Gasteiger partial charge in [-0.2, -0.15) is 0 Å². The fourth-order valence-corrected chi connectivity index (χ4v) is 2.35. The molecule has 19 heavy (non-hydrogen) atoms. The van der Waals surface area contributed by atoms with E-state index in [2.05, 4.69) is 0 Å². The molecular formula is C14H21ClN2O2. The highest BCUT2D eigenvalue weighted by molar-refractivity contribution is 6.34. The smallest absolute Gasteiger partial charge is 0.255 e. The Morgan fingerprint density at radius 1 is 1.42 bits per heavy atom. The van der Waals surface area contributed by atoms with Gasteiger partial charge < -0.3 is 15.7 Å². The molecule has 1 aromatic rings. The summed E-state index contributed by atoms with van der Waals surface area (Å²) in [5.41, 5.74) is 6.59. The number of aliphatic hydroxyl groups is 1. The van der Waals surface area contributed by atoms with Crippen LogP contribution in [0.3, 0.4) is 0 Å². The third kappa shape index (κ3) is 3.85. The van der Waals surface area contributed by atoms with E-state index in [0.29, 0.717) is 22.8 Å². The molecule has 1 amide bonds. The molecule has 0 fully saturated rings. The Hall–Kier alpha value is -1.26. The topological polar surface area (TPSA) is 66.6 Å². The van der Waals surface area contributed by atoms with Gasteiger partial charge in [-0.25, -0.2) is 0 Å². The van der Waals surface area contributed by atoms with Gasteiger partial charge in [-0.1, -0.05) is 25.4 Å². The van der Waals surface area contributed by atoms with Crippen molar-refractivity contribution in [2.24, 2.45) is 0 Å². The molecule has 0 atom stereocenters. The molecule has 0 aromatic heterocycles. The molecule has 0 bridgehead atoms. The highest BCUT2D eigenvalue weighted by atomic mass is 35.5. The minimum absolute atomic E-state index is 0.0673. The van der Waals surface area contributed by atoms with Crippen LogP contribution in [0.2, 0.25) is 5.02 Å². The number of nitrogens with two attached hydrogens (primary N) is 1. The van der Waals surface area contributed by atoms with Crippen molar-refractivity contribution in [1.82, 2.24) is 4.90 Å². The van der Waals surface area contributed by atoms with Crippen LogP contribution in [0.25, 0.3) is 0 Å². The van der Waals surface area contributed by atoms with Crippen LogP contribution in [-0.2, 0) is 0 Å². The van der Waals surface area contributed by atoms with E-state index in [-0.39, 0.29) is 18.6 Å². The maximum Gasteiger partial charge on any atom is 0.255 e. The first-order chi connectivity index (χ1) is 9.04. The second kappa shape index (κ2) is 7.36. The maximum atomic E-state index is 12.5. The van der Waals surface area contributed by atoms with Crippen LogP contribution in [-0.4, -0.2) is 35.1 Å². The molecule has 0 spiro atoms. The Kier molecular flexibility index (Phi) is 6.12. The number of aliphatic hydroxyl groups excluding tert-OH is 1. The first-order valence-corrected chi connectivity index (χ1v) is 6.89. The van der Waals surface area contributed by atoms with Gasteiger partial charge in [-0.15, -0.1) is 0 Å². The van der Waals surface area contributed by atoms with E-state index in [1.807, 2.05) is 13.8 Å². The Bertz CT molecular complexity index is 433. The van der Waals surface area contributed by atoms with Gasteiger partial charge in [0.1, 0.15) is 0 Å². The highest BCUT2D eigenvalue weighted by Crippen LogP contribution is 2.22. The van der Waals surface area contributed by atoms with Crippen LogP contribution >= 0.6 is 11.6 Å². The van der Waals surface area contributed by atoms with Crippen molar-refractivity contribution in [1.29, 1.82) is 0 Å². The van der Waals surface area contributed by atoms with Gasteiger partial charge in [0.2, 0.25) is 0 Å². The minimum Gasteiger partial charge on any atom is -0.399 e. The van der Waals surface area contributed by atoms with Crippen molar-refractivity contribution in [3.05, 3.63) is 28.8 Å². The number of hydrogen-bond donors (Lipinski definition) is 2. The van der Waals surface area contributed by atoms with E-state index in [1.54, 1.807) is 23.1 Å². The van der Waals surface area contributed by atoms with Crippen LogP contribution in [0.5, 0.6) is 0 Å². The summed E-state index contributed by atoms with van der Waals surface area (Å²) in [6.07, 6.45) is 1.67. The van der Waals surface area contributed by atoms with E-state index in [9.17, 15) is 4.79 Å². The van der Waals surface area contributed by atoms with E-state index in [4.69, 9.17) is 22.4 Å². The van der Waals surface area contributed by atoms with Crippen molar-refractivity contribution >= 4 is 23.2 Å². The molecular weight excluding hydrogens is 264 g/mol. The zero-order valence-electron chi connectivity index (χ0n) is 11.4. The van der Waals surface area contributed by atoms with E-state index < -0.39 is 0 Å². The SMILES string of the molecule is CCC(CC)N(CCO)C(=O)c1cc(N)ccc1Cl. The number of carbonyl (C=O) groups excluding carboxylic acids is 1. The van der Waals surface area contributed by atoms with Crippen molar-refractivity contribution in [2.45, 2.75) is 32.7 Å². The standard InChI is InChI=1S/C14H21ClN2O2/c1-3-11(4-2)17(7-8-18)14(19)12-9-10(16)5-6-13(12)15/h5-6,9,11,18H,3-4,7-8,16H2,1-2H3. The van der Waals surface area contributed by atoms with E-state index >= 15 is 0 Å². The Labute approximate surface area is 119 Å². The van der Waals surface area contributed by atoms with Crippen molar-refractivity contribution in [2.75, 3.05) is 18.9 Å². The number of halogens is 1. The number of anilines is 1. The molecule has 5 heteroatoms. The van der Waals surface area contributed by atoms with Crippen molar-refractivity contribution in [3.8, 4) is 0 Å². The molecule has 0 radical (unpaired) electrons. The summed E-state index contributed by atoms with van der Waals surface area (Å²) in [5.74, 6) is -0.181. The Balaban J connectivity index is 3.08. The second-order valence-electron chi connectivity index (χ2n) is 4.43. The Morgan fingerprint density at radius 2 is 2.05 bits per heavy atom. The molecule has 0 aliphatic carbocycles. The predicted molar refractivity (Wildman–Crippen MR) is 78.4 cm³/mol. The predicted octanol–water partition coefficient (Wildman–Crippen LogP) is 2.55. The fraction of sp³-hybridized carbons (Fsp3) is 0.500. The minimum atomic E-state index is -0.181. The normalized spacial score (nSPS) is 10.8. The first kappa shape index (κ1) is 15.8. The first-order valence-electron chi connectivity index (χ1n) is 6.51. The fourth-order valence-electron chi connectivity index (χ4n) is 2.15. The van der Waals surface area contributed by atoms with E-state index in [0.717, 1.165) is 12.8 Å². The summed E-state index contributed by atoms with van der Waals surface area (Å²) >= 11 is 6.06. The molecule has 0 aliphatic heterocycles. The van der Waals surface area contributed by atoms with Crippen LogP contribution in [0, 0.1) is 0 Å². The molecule has 4 nitrogen and oxygen atoms in total. The molecule has 0 unspecified atom stereocenters. The van der Waals surface area contributed by atoms with Crippen LogP contribution in [0.15, 0.2) is 18.2 Å². The number of amides is 1.